The van der Waals surface area contributed by atoms with Gasteiger partial charge in [0.05, 0.1) is 11.0 Å². The first-order valence-corrected chi connectivity index (χ1v) is 19.6. The Kier molecular flexibility index (Phi) is 7.32. The molecule has 2 N–H and O–H groups in total. The van der Waals surface area contributed by atoms with E-state index in [0.717, 1.165) is 55.1 Å². The summed E-state index contributed by atoms with van der Waals surface area (Å²) < 4.78 is 9.08. The molecule has 3 nitrogen and oxygen atoms in total. The third kappa shape index (κ3) is 5.21. The average Bonchev–Trinajstić information content (AvgIpc) is 3.79. The number of nitrogen functional groups attached to an aromatic ring is 1. The number of benzene rings is 9. The minimum absolute atomic E-state index is 0.753. The van der Waals surface area contributed by atoms with E-state index >= 15 is 0 Å². The minimum Gasteiger partial charge on any atom is -0.455 e. The summed E-state index contributed by atoms with van der Waals surface area (Å²) in [7, 11) is 0. The number of hydrogen-bond acceptors (Lipinski definition) is 3. The molecule has 4 heteroatoms. The van der Waals surface area contributed by atoms with Gasteiger partial charge in [0, 0.05) is 49.1 Å². The van der Waals surface area contributed by atoms with Gasteiger partial charge in [0.15, 0.2) is 0 Å². The number of thioether (sulfide) groups is 1. The van der Waals surface area contributed by atoms with Gasteiger partial charge >= 0.3 is 0 Å². The number of fused-ring (bicyclic) bond motifs is 8. The second-order valence-corrected chi connectivity index (χ2v) is 15.3. The fourth-order valence-corrected chi connectivity index (χ4v) is 9.49. The van der Waals surface area contributed by atoms with Crippen LogP contribution < -0.4 is 5.73 Å². The standard InChI is InChI=1S/C51H34N2OS/c52-45-30-44(36-23-21-35(22-24-36)40-17-9-13-34-11-3-4-14-39(34)40)50-49(43-16-6-8-19-48(43)54-50)51(45)55-31-32-20-27-42-41-15-5-7-18-46(41)53(47(42)28-32)38-26-25-33-10-1-2-12-37(33)29-38/h1-30H,31,52H2. The Morgan fingerprint density at radius 2 is 1.16 bits per heavy atom. The second kappa shape index (κ2) is 12.7. The maximum Gasteiger partial charge on any atom is 0.144 e. The van der Waals surface area contributed by atoms with Crippen LogP contribution in [0.2, 0.25) is 0 Å². The first-order valence-electron chi connectivity index (χ1n) is 18.6. The molecule has 0 saturated carbocycles. The summed E-state index contributed by atoms with van der Waals surface area (Å²) >= 11 is 1.78. The van der Waals surface area contributed by atoms with Gasteiger partial charge in [0.1, 0.15) is 11.2 Å². The molecule has 9 aromatic carbocycles. The van der Waals surface area contributed by atoms with Crippen LogP contribution in [0, 0.1) is 0 Å². The molecule has 0 fully saturated rings. The Morgan fingerprint density at radius 1 is 0.491 bits per heavy atom. The number of anilines is 1. The van der Waals surface area contributed by atoms with E-state index in [4.69, 9.17) is 10.2 Å². The Hall–Kier alpha value is -6.75. The summed E-state index contributed by atoms with van der Waals surface area (Å²) in [4.78, 5) is 1.05. The maximum absolute atomic E-state index is 7.04. The van der Waals surface area contributed by atoms with Gasteiger partial charge < -0.3 is 14.7 Å². The van der Waals surface area contributed by atoms with Gasteiger partial charge in [-0.25, -0.2) is 0 Å². The van der Waals surface area contributed by atoms with Crippen LogP contribution in [0.3, 0.4) is 0 Å². The summed E-state index contributed by atoms with van der Waals surface area (Å²) in [5.41, 5.74) is 18.8. The number of furan rings is 1. The Bertz CT molecular complexity index is 3280. The van der Waals surface area contributed by atoms with Gasteiger partial charge in [0.25, 0.3) is 0 Å². The normalized spacial score (nSPS) is 11.9. The number of nitrogens with zero attached hydrogens (tertiary/aromatic N) is 1. The topological polar surface area (TPSA) is 44.1 Å². The highest BCUT2D eigenvalue weighted by atomic mass is 32.2. The third-order valence-corrected chi connectivity index (χ3v) is 12.2. The number of hydrogen-bond donors (Lipinski definition) is 1. The molecular formula is C51H34N2OS. The van der Waals surface area contributed by atoms with E-state index in [9.17, 15) is 0 Å². The quantitative estimate of drug-likeness (QED) is 0.137. The summed E-state index contributed by atoms with van der Waals surface area (Å²) in [6, 6.07) is 65.1. The molecule has 0 amide bonds. The smallest absolute Gasteiger partial charge is 0.144 e. The number of nitrogens with two attached hydrogens (primary N) is 1. The van der Waals surface area contributed by atoms with E-state index in [1.54, 1.807) is 11.8 Å². The van der Waals surface area contributed by atoms with E-state index in [-0.39, 0.29) is 0 Å². The molecular weight excluding hydrogens is 689 g/mol. The van der Waals surface area contributed by atoms with Crippen LogP contribution in [0.25, 0.3) is 93.2 Å². The number of para-hydroxylation sites is 2. The number of aromatic nitrogens is 1. The van der Waals surface area contributed by atoms with Crippen molar-refractivity contribution in [1.82, 2.24) is 4.57 Å². The zero-order valence-electron chi connectivity index (χ0n) is 29.9. The van der Waals surface area contributed by atoms with E-state index in [1.165, 1.54) is 60.0 Å². The van der Waals surface area contributed by atoms with E-state index in [1.807, 2.05) is 12.1 Å². The van der Waals surface area contributed by atoms with Crippen molar-refractivity contribution in [3.05, 3.63) is 188 Å². The van der Waals surface area contributed by atoms with Crippen molar-refractivity contribution in [3.8, 4) is 27.9 Å². The molecule has 2 heterocycles. The van der Waals surface area contributed by atoms with Gasteiger partial charge in [-0.3, -0.25) is 0 Å². The Balaban J connectivity index is 0.992. The largest absolute Gasteiger partial charge is 0.455 e. The van der Waals surface area contributed by atoms with Gasteiger partial charge in [-0.2, -0.15) is 0 Å². The summed E-state index contributed by atoms with van der Waals surface area (Å²) in [5, 5.41) is 9.60. The third-order valence-electron chi connectivity index (χ3n) is 11.0. The lowest BCUT2D eigenvalue weighted by atomic mass is 9.95. The van der Waals surface area contributed by atoms with E-state index < -0.39 is 0 Å². The predicted molar refractivity (Wildman–Crippen MR) is 234 cm³/mol. The minimum atomic E-state index is 0.753. The van der Waals surface area contributed by atoms with Crippen molar-refractivity contribution in [2.45, 2.75) is 10.6 Å². The SMILES string of the molecule is Nc1cc(-c2ccc(-c3cccc4ccccc34)cc2)c2oc3ccccc3c2c1SCc1ccc2c3ccccc3n(-c3ccc4ccccc4c3)c2c1. The molecule has 0 aliphatic carbocycles. The molecule has 0 radical (unpaired) electrons. The second-order valence-electron chi connectivity index (χ2n) is 14.3. The predicted octanol–water partition coefficient (Wildman–Crippen LogP) is 14.2. The van der Waals surface area contributed by atoms with Crippen LogP contribution in [0.15, 0.2) is 191 Å². The van der Waals surface area contributed by atoms with Crippen LogP contribution in [0.5, 0.6) is 0 Å². The molecule has 0 unspecified atom stereocenters. The van der Waals surface area contributed by atoms with Crippen molar-refractivity contribution >= 4 is 82.7 Å². The van der Waals surface area contributed by atoms with Crippen molar-refractivity contribution in [2.75, 3.05) is 5.73 Å². The lowest BCUT2D eigenvalue weighted by Gasteiger charge is -2.13. The molecule has 2 aromatic heterocycles. The van der Waals surface area contributed by atoms with Crippen molar-refractivity contribution < 1.29 is 4.42 Å². The molecule has 0 spiro atoms. The molecule has 11 aromatic rings. The highest BCUT2D eigenvalue weighted by Crippen LogP contribution is 2.46. The Morgan fingerprint density at radius 3 is 2.02 bits per heavy atom. The summed E-state index contributed by atoms with van der Waals surface area (Å²) in [6.45, 7) is 0. The summed E-state index contributed by atoms with van der Waals surface area (Å²) in [6.07, 6.45) is 0. The van der Waals surface area contributed by atoms with E-state index in [0.29, 0.717) is 0 Å². The molecule has 11 rings (SSSR count). The monoisotopic (exact) mass is 722 g/mol. The number of rotatable bonds is 6. The molecule has 0 bridgehead atoms. The maximum atomic E-state index is 7.04. The van der Waals surface area contributed by atoms with Gasteiger partial charge in [-0.1, -0.05) is 146 Å². The average molecular weight is 723 g/mol. The van der Waals surface area contributed by atoms with Crippen molar-refractivity contribution in [2.24, 2.45) is 0 Å². The van der Waals surface area contributed by atoms with E-state index in [2.05, 4.69) is 174 Å². The zero-order valence-corrected chi connectivity index (χ0v) is 30.7. The fraction of sp³-hybridized carbons (Fsp3) is 0.0196. The van der Waals surface area contributed by atoms with Crippen LogP contribution in [-0.4, -0.2) is 4.57 Å². The van der Waals surface area contributed by atoms with Gasteiger partial charge in [-0.05, 0) is 80.2 Å². The van der Waals surface area contributed by atoms with Crippen LogP contribution in [-0.2, 0) is 5.75 Å². The van der Waals surface area contributed by atoms with Crippen LogP contribution in [0.4, 0.5) is 5.69 Å². The van der Waals surface area contributed by atoms with Crippen molar-refractivity contribution in [1.29, 1.82) is 0 Å². The molecule has 0 saturated heterocycles. The molecule has 0 aliphatic heterocycles. The zero-order chi connectivity index (χ0) is 36.5. The van der Waals surface area contributed by atoms with Crippen molar-refractivity contribution in [3.63, 3.8) is 0 Å². The van der Waals surface area contributed by atoms with Crippen LogP contribution in [0.1, 0.15) is 5.56 Å². The summed E-state index contributed by atoms with van der Waals surface area (Å²) in [5.74, 6) is 0.757. The first kappa shape index (κ1) is 31.7. The molecule has 260 valence electrons. The van der Waals surface area contributed by atoms with Gasteiger partial charge in [-0.15, -0.1) is 11.8 Å². The first-order chi connectivity index (χ1) is 27.2. The highest BCUT2D eigenvalue weighted by Gasteiger charge is 2.20. The molecule has 55 heavy (non-hydrogen) atoms. The van der Waals surface area contributed by atoms with Crippen LogP contribution >= 0.6 is 11.8 Å². The lowest BCUT2D eigenvalue weighted by Crippen LogP contribution is -1.95. The Labute approximate surface area is 322 Å². The fourth-order valence-electron chi connectivity index (χ4n) is 8.42. The van der Waals surface area contributed by atoms with Gasteiger partial charge in [0.2, 0.25) is 0 Å². The molecule has 0 atom stereocenters. The highest BCUT2D eigenvalue weighted by molar-refractivity contribution is 7.99. The molecule has 0 aliphatic rings. The lowest BCUT2D eigenvalue weighted by molar-refractivity contribution is 0.669.